The number of hydroxylamine groups is 2. The van der Waals surface area contributed by atoms with E-state index in [1.54, 1.807) is 0 Å². The first-order valence-electron chi connectivity index (χ1n) is 7.70. The molecular formula is C15H29NO4. The molecule has 0 aromatic heterocycles. The van der Waals surface area contributed by atoms with Gasteiger partial charge in [-0.05, 0) is 26.7 Å². The molecule has 2 aliphatic rings. The van der Waals surface area contributed by atoms with Gasteiger partial charge in [0.1, 0.15) is 6.10 Å². The standard InChI is InChI=1S/C15H29NO4/c1-6-13(4)10-15(19-9-12(8-17)20-15)11(3)14(5,7-2)16(13)18/h11-12,17-18H,6-10H2,1-5H3. The lowest BCUT2D eigenvalue weighted by Gasteiger charge is -2.60. The second-order valence-corrected chi connectivity index (χ2v) is 6.82. The Labute approximate surface area is 121 Å². The summed E-state index contributed by atoms with van der Waals surface area (Å²) in [6.07, 6.45) is 1.97. The monoisotopic (exact) mass is 287 g/mol. The summed E-state index contributed by atoms with van der Waals surface area (Å²) in [6, 6.07) is 0. The summed E-state index contributed by atoms with van der Waals surface area (Å²) in [5.74, 6) is -0.691. The third-order valence-corrected chi connectivity index (χ3v) is 5.78. The van der Waals surface area contributed by atoms with Crippen LogP contribution in [0, 0.1) is 5.92 Å². The highest BCUT2D eigenvalue weighted by Gasteiger charge is 2.63. The predicted molar refractivity (Wildman–Crippen MR) is 75.4 cm³/mol. The van der Waals surface area contributed by atoms with Crippen molar-refractivity contribution >= 4 is 0 Å². The molecule has 2 heterocycles. The van der Waals surface area contributed by atoms with Crippen LogP contribution in [0.2, 0.25) is 0 Å². The lowest BCUT2D eigenvalue weighted by molar-refractivity contribution is -0.352. The molecule has 5 nitrogen and oxygen atoms in total. The van der Waals surface area contributed by atoms with Gasteiger partial charge in [-0.15, -0.1) is 0 Å². The number of aliphatic hydroxyl groups excluding tert-OH is 1. The molecule has 118 valence electrons. The highest BCUT2D eigenvalue weighted by Crippen LogP contribution is 2.53. The molecule has 0 aromatic carbocycles. The van der Waals surface area contributed by atoms with Crippen LogP contribution >= 0.6 is 0 Å². The Morgan fingerprint density at radius 3 is 2.35 bits per heavy atom. The van der Waals surface area contributed by atoms with Crippen LogP contribution in [0.25, 0.3) is 0 Å². The molecule has 2 N–H and O–H groups in total. The first-order chi connectivity index (χ1) is 9.28. The molecule has 0 saturated carbocycles. The minimum absolute atomic E-state index is 0.0150. The molecule has 0 aromatic rings. The average molecular weight is 287 g/mol. The van der Waals surface area contributed by atoms with E-state index < -0.39 is 11.3 Å². The molecule has 20 heavy (non-hydrogen) atoms. The summed E-state index contributed by atoms with van der Waals surface area (Å²) in [4.78, 5) is 0. The SMILES string of the molecule is CCC1(C)CC2(OCC(CO)O2)C(C)C(C)(CC)N1O. The fourth-order valence-electron chi connectivity index (χ4n) is 3.76. The van der Waals surface area contributed by atoms with E-state index in [4.69, 9.17) is 9.47 Å². The van der Waals surface area contributed by atoms with Crippen LogP contribution in [0.15, 0.2) is 0 Å². The van der Waals surface area contributed by atoms with Crippen LogP contribution in [0.1, 0.15) is 53.9 Å². The van der Waals surface area contributed by atoms with Gasteiger partial charge >= 0.3 is 0 Å². The van der Waals surface area contributed by atoms with Gasteiger partial charge in [-0.2, -0.15) is 5.06 Å². The van der Waals surface area contributed by atoms with Crippen molar-refractivity contribution in [3.63, 3.8) is 0 Å². The smallest absolute Gasteiger partial charge is 0.175 e. The molecule has 0 bridgehead atoms. The minimum Gasteiger partial charge on any atom is -0.394 e. The van der Waals surface area contributed by atoms with Crippen molar-refractivity contribution in [3.8, 4) is 0 Å². The summed E-state index contributed by atoms with van der Waals surface area (Å²) < 4.78 is 12.1. The number of piperidine rings is 1. The topological polar surface area (TPSA) is 62.2 Å². The normalized spacial score (nSPS) is 50.0. The second kappa shape index (κ2) is 5.21. The van der Waals surface area contributed by atoms with E-state index in [2.05, 4.69) is 27.7 Å². The minimum atomic E-state index is -0.706. The average Bonchev–Trinajstić information content (AvgIpc) is 2.87. The van der Waals surface area contributed by atoms with E-state index >= 15 is 0 Å². The summed E-state index contributed by atoms with van der Waals surface area (Å²) in [5, 5.41) is 21.6. The van der Waals surface area contributed by atoms with Crippen LogP contribution in [0.5, 0.6) is 0 Å². The lowest BCUT2D eigenvalue weighted by atomic mass is 9.67. The molecule has 2 saturated heterocycles. The third kappa shape index (κ3) is 2.11. The highest BCUT2D eigenvalue weighted by atomic mass is 16.7. The molecule has 5 atom stereocenters. The summed E-state index contributed by atoms with van der Waals surface area (Å²) >= 11 is 0. The Morgan fingerprint density at radius 2 is 1.90 bits per heavy atom. The Morgan fingerprint density at radius 1 is 1.25 bits per heavy atom. The van der Waals surface area contributed by atoms with Gasteiger partial charge in [-0.25, -0.2) is 0 Å². The zero-order valence-electron chi connectivity index (χ0n) is 13.3. The number of aliphatic hydroxyl groups is 1. The number of hydrogen-bond donors (Lipinski definition) is 2. The van der Waals surface area contributed by atoms with Crippen molar-refractivity contribution < 1.29 is 19.8 Å². The second-order valence-electron chi connectivity index (χ2n) is 6.82. The van der Waals surface area contributed by atoms with Crippen LogP contribution in [-0.2, 0) is 9.47 Å². The van der Waals surface area contributed by atoms with E-state index in [1.165, 1.54) is 5.06 Å². The van der Waals surface area contributed by atoms with Crippen molar-refractivity contribution in [1.29, 1.82) is 0 Å². The molecule has 2 rings (SSSR count). The quantitative estimate of drug-likeness (QED) is 0.833. The lowest BCUT2D eigenvalue weighted by Crippen LogP contribution is -2.71. The fraction of sp³-hybridized carbons (Fsp3) is 1.00. The van der Waals surface area contributed by atoms with E-state index in [9.17, 15) is 10.3 Å². The van der Waals surface area contributed by atoms with Crippen LogP contribution in [0.3, 0.4) is 0 Å². The molecule has 0 radical (unpaired) electrons. The van der Waals surface area contributed by atoms with Crippen LogP contribution < -0.4 is 0 Å². The molecule has 5 heteroatoms. The Hall–Kier alpha value is -0.200. The summed E-state index contributed by atoms with van der Waals surface area (Å²) in [5.41, 5.74) is -0.797. The first-order valence-corrected chi connectivity index (χ1v) is 7.70. The van der Waals surface area contributed by atoms with E-state index in [0.29, 0.717) is 13.0 Å². The van der Waals surface area contributed by atoms with Gasteiger partial charge in [0, 0.05) is 17.9 Å². The predicted octanol–water partition coefficient (Wildman–Crippen LogP) is 2.16. The van der Waals surface area contributed by atoms with Crippen molar-refractivity contribution in [2.45, 2.75) is 76.9 Å². The van der Waals surface area contributed by atoms with Crippen molar-refractivity contribution in [1.82, 2.24) is 5.06 Å². The molecule has 0 aliphatic carbocycles. The maximum absolute atomic E-state index is 10.8. The number of ether oxygens (including phenoxy) is 2. The Balaban J connectivity index is 2.39. The molecule has 2 aliphatic heterocycles. The van der Waals surface area contributed by atoms with Gasteiger partial charge in [0.2, 0.25) is 0 Å². The van der Waals surface area contributed by atoms with E-state index in [-0.39, 0.29) is 24.2 Å². The van der Waals surface area contributed by atoms with Gasteiger partial charge in [0.05, 0.1) is 18.8 Å². The maximum atomic E-state index is 10.8. The number of nitrogens with zero attached hydrogens (tertiary/aromatic N) is 1. The summed E-state index contributed by atoms with van der Waals surface area (Å²) in [6.45, 7) is 10.7. The van der Waals surface area contributed by atoms with Gasteiger partial charge in [-0.1, -0.05) is 20.8 Å². The Bertz CT molecular complexity index is 366. The van der Waals surface area contributed by atoms with E-state index in [1.807, 2.05) is 6.92 Å². The zero-order chi connectivity index (χ0) is 15.2. The Kier molecular flexibility index (Phi) is 4.22. The third-order valence-electron chi connectivity index (χ3n) is 5.78. The van der Waals surface area contributed by atoms with Gasteiger partial charge in [-0.3, -0.25) is 0 Å². The van der Waals surface area contributed by atoms with Crippen molar-refractivity contribution in [2.24, 2.45) is 5.92 Å². The fourth-order valence-corrected chi connectivity index (χ4v) is 3.76. The maximum Gasteiger partial charge on any atom is 0.175 e. The van der Waals surface area contributed by atoms with Gasteiger partial charge < -0.3 is 19.8 Å². The van der Waals surface area contributed by atoms with Gasteiger partial charge in [0.25, 0.3) is 0 Å². The zero-order valence-corrected chi connectivity index (χ0v) is 13.3. The number of hydrogen-bond acceptors (Lipinski definition) is 5. The van der Waals surface area contributed by atoms with E-state index in [0.717, 1.165) is 12.8 Å². The van der Waals surface area contributed by atoms with Crippen molar-refractivity contribution in [2.75, 3.05) is 13.2 Å². The van der Waals surface area contributed by atoms with Crippen molar-refractivity contribution in [3.05, 3.63) is 0 Å². The molecule has 2 fully saturated rings. The van der Waals surface area contributed by atoms with Gasteiger partial charge in [0.15, 0.2) is 5.79 Å². The largest absolute Gasteiger partial charge is 0.394 e. The molecule has 0 amide bonds. The summed E-state index contributed by atoms with van der Waals surface area (Å²) in [7, 11) is 0. The van der Waals surface area contributed by atoms with Crippen LogP contribution in [0.4, 0.5) is 0 Å². The first kappa shape index (κ1) is 16.2. The highest BCUT2D eigenvalue weighted by molar-refractivity contribution is 5.08. The number of rotatable bonds is 3. The molecular weight excluding hydrogens is 258 g/mol. The van der Waals surface area contributed by atoms with Crippen LogP contribution in [-0.4, -0.2) is 51.6 Å². The molecule has 5 unspecified atom stereocenters. The molecule has 1 spiro atoms.